The van der Waals surface area contributed by atoms with Crippen LogP contribution in [0.4, 0.5) is 10.7 Å². The smallest absolute Gasteiger partial charge is 0.262 e. The number of nitrogens with zero attached hydrogens (tertiary/aromatic N) is 2. The molecule has 0 radical (unpaired) electrons. The van der Waals surface area contributed by atoms with Crippen LogP contribution < -0.4 is 10.6 Å². The van der Waals surface area contributed by atoms with Gasteiger partial charge in [0.1, 0.15) is 0 Å². The number of amides is 1. The number of thiophene rings is 1. The standard InChI is InChI=1S/C17H17N5OS/c23-16-14-11(17(21-16)5-2-1-3-6-17)8-13(24-14)20-12-4-7-18-15-10(12)9-19-22-15/h4,7-9H,1-3,5-6H2,(H,21,23)(H2,18,19,20,22). The van der Waals surface area contributed by atoms with E-state index in [2.05, 4.69) is 31.9 Å². The Labute approximate surface area is 142 Å². The number of aromatic nitrogens is 3. The lowest BCUT2D eigenvalue weighted by molar-refractivity contribution is 0.0912. The molecular formula is C17H17N5OS. The minimum atomic E-state index is -0.135. The number of nitrogens with one attached hydrogen (secondary N) is 3. The topological polar surface area (TPSA) is 82.7 Å². The van der Waals surface area contributed by atoms with E-state index in [0.717, 1.165) is 39.4 Å². The summed E-state index contributed by atoms with van der Waals surface area (Å²) in [7, 11) is 0. The summed E-state index contributed by atoms with van der Waals surface area (Å²) >= 11 is 1.53. The largest absolute Gasteiger partial charge is 0.347 e. The van der Waals surface area contributed by atoms with Crippen LogP contribution in [0, 0.1) is 0 Å². The number of hydrogen-bond acceptors (Lipinski definition) is 5. The fraction of sp³-hybridized carbons (Fsp3) is 0.353. The molecule has 0 bridgehead atoms. The first kappa shape index (κ1) is 14.0. The first-order valence-corrected chi connectivity index (χ1v) is 9.09. The van der Waals surface area contributed by atoms with E-state index in [1.54, 1.807) is 12.4 Å². The molecule has 5 rings (SSSR count). The SMILES string of the molecule is O=C1NC2(CCCCC2)c2cc(Nc3ccnc4[nH]ncc34)sc21. The van der Waals surface area contributed by atoms with Gasteiger partial charge in [0.05, 0.1) is 32.7 Å². The van der Waals surface area contributed by atoms with E-state index in [9.17, 15) is 4.79 Å². The van der Waals surface area contributed by atoms with Crippen LogP contribution >= 0.6 is 11.3 Å². The second-order valence-electron chi connectivity index (χ2n) is 6.57. The summed E-state index contributed by atoms with van der Waals surface area (Å²) < 4.78 is 0. The van der Waals surface area contributed by atoms with Gasteiger partial charge in [-0.05, 0) is 25.0 Å². The van der Waals surface area contributed by atoms with Gasteiger partial charge in [-0.1, -0.05) is 19.3 Å². The lowest BCUT2D eigenvalue weighted by Gasteiger charge is -2.33. The number of hydrogen-bond donors (Lipinski definition) is 3. The molecule has 3 aromatic heterocycles. The summed E-state index contributed by atoms with van der Waals surface area (Å²) in [5, 5.41) is 15.6. The van der Waals surface area contributed by atoms with E-state index < -0.39 is 0 Å². The van der Waals surface area contributed by atoms with E-state index in [4.69, 9.17) is 0 Å². The second-order valence-corrected chi connectivity index (χ2v) is 7.62. The lowest BCUT2D eigenvalue weighted by atomic mass is 9.78. The van der Waals surface area contributed by atoms with E-state index in [0.29, 0.717) is 0 Å². The molecule has 3 aromatic rings. The van der Waals surface area contributed by atoms with Crippen LogP contribution in [-0.4, -0.2) is 21.1 Å². The first-order chi connectivity index (χ1) is 11.8. The van der Waals surface area contributed by atoms with Crippen LogP contribution in [0.3, 0.4) is 0 Å². The predicted octanol–water partition coefficient (Wildman–Crippen LogP) is 3.67. The molecule has 1 aliphatic heterocycles. The van der Waals surface area contributed by atoms with Crippen molar-refractivity contribution in [3.8, 4) is 0 Å². The summed E-state index contributed by atoms with van der Waals surface area (Å²) in [5.41, 5.74) is 2.75. The van der Waals surface area contributed by atoms with Crippen molar-refractivity contribution < 1.29 is 4.79 Å². The average Bonchev–Trinajstić information content (AvgIpc) is 3.27. The molecule has 0 unspecified atom stereocenters. The molecule has 1 fully saturated rings. The average molecular weight is 339 g/mol. The molecule has 0 atom stereocenters. The molecule has 0 aromatic carbocycles. The van der Waals surface area contributed by atoms with Crippen LogP contribution in [0.25, 0.3) is 11.0 Å². The first-order valence-electron chi connectivity index (χ1n) is 8.27. The van der Waals surface area contributed by atoms with Crippen molar-refractivity contribution in [2.24, 2.45) is 0 Å². The summed E-state index contributed by atoms with van der Waals surface area (Å²) in [6.07, 6.45) is 9.22. The fourth-order valence-corrected chi connectivity index (χ4v) is 5.03. The van der Waals surface area contributed by atoms with Crippen molar-refractivity contribution in [3.63, 3.8) is 0 Å². The number of anilines is 2. The maximum atomic E-state index is 12.4. The minimum Gasteiger partial charge on any atom is -0.347 e. The van der Waals surface area contributed by atoms with Crippen LogP contribution in [0.15, 0.2) is 24.5 Å². The van der Waals surface area contributed by atoms with Gasteiger partial charge >= 0.3 is 0 Å². The summed E-state index contributed by atoms with van der Waals surface area (Å²) in [6.45, 7) is 0. The van der Waals surface area contributed by atoms with Gasteiger partial charge in [0.2, 0.25) is 0 Å². The Hall–Kier alpha value is -2.41. The summed E-state index contributed by atoms with van der Waals surface area (Å²) in [4.78, 5) is 17.5. The summed E-state index contributed by atoms with van der Waals surface area (Å²) in [6, 6.07) is 4.08. The highest BCUT2D eigenvalue weighted by Gasteiger charge is 2.44. The molecule has 1 aliphatic carbocycles. The zero-order valence-corrected chi connectivity index (χ0v) is 13.9. The number of aromatic amines is 1. The van der Waals surface area contributed by atoms with Crippen LogP contribution in [0.1, 0.15) is 47.3 Å². The van der Waals surface area contributed by atoms with Gasteiger partial charge < -0.3 is 10.6 Å². The number of carbonyl (C=O) groups excluding carboxylic acids is 1. The Morgan fingerprint density at radius 3 is 3.00 bits per heavy atom. The van der Waals surface area contributed by atoms with Gasteiger partial charge in [0.15, 0.2) is 5.65 Å². The Kier molecular flexibility index (Phi) is 2.94. The molecule has 0 saturated heterocycles. The zero-order valence-electron chi connectivity index (χ0n) is 13.1. The normalized spacial score (nSPS) is 18.8. The fourth-order valence-electron chi connectivity index (χ4n) is 3.96. The highest BCUT2D eigenvalue weighted by atomic mass is 32.1. The molecule has 1 amide bonds. The van der Waals surface area contributed by atoms with Crippen molar-refractivity contribution >= 4 is 39.0 Å². The maximum Gasteiger partial charge on any atom is 0.262 e. The molecule has 3 N–H and O–H groups in total. The Morgan fingerprint density at radius 2 is 2.12 bits per heavy atom. The third-order valence-corrected chi connectivity index (χ3v) is 6.18. The van der Waals surface area contributed by atoms with Gasteiger partial charge in [0, 0.05) is 11.8 Å². The van der Waals surface area contributed by atoms with Crippen molar-refractivity contribution in [2.75, 3.05) is 5.32 Å². The molecule has 24 heavy (non-hydrogen) atoms. The van der Waals surface area contributed by atoms with Gasteiger partial charge in [-0.3, -0.25) is 9.89 Å². The number of pyridine rings is 1. The quantitative estimate of drug-likeness (QED) is 0.665. The van der Waals surface area contributed by atoms with E-state index in [1.807, 2.05) is 6.07 Å². The minimum absolute atomic E-state index is 0.0770. The molecule has 1 spiro atoms. The highest BCUT2D eigenvalue weighted by molar-refractivity contribution is 7.18. The molecule has 7 heteroatoms. The molecule has 1 saturated carbocycles. The second kappa shape index (κ2) is 5.04. The molecule has 122 valence electrons. The molecule has 2 aliphatic rings. The molecular weight excluding hydrogens is 322 g/mol. The van der Waals surface area contributed by atoms with E-state index in [1.165, 1.54) is 36.2 Å². The van der Waals surface area contributed by atoms with Gasteiger partial charge in [-0.15, -0.1) is 11.3 Å². The molecule has 4 heterocycles. The van der Waals surface area contributed by atoms with Gasteiger partial charge in [-0.25, -0.2) is 4.98 Å². The van der Waals surface area contributed by atoms with Crippen molar-refractivity contribution in [1.29, 1.82) is 0 Å². The van der Waals surface area contributed by atoms with Gasteiger partial charge in [0.25, 0.3) is 5.91 Å². The van der Waals surface area contributed by atoms with Crippen molar-refractivity contribution in [2.45, 2.75) is 37.6 Å². The van der Waals surface area contributed by atoms with Crippen molar-refractivity contribution in [1.82, 2.24) is 20.5 Å². The van der Waals surface area contributed by atoms with Crippen LogP contribution in [-0.2, 0) is 5.54 Å². The Bertz CT molecular complexity index is 938. The number of carbonyl (C=O) groups is 1. The van der Waals surface area contributed by atoms with Crippen LogP contribution in [0.5, 0.6) is 0 Å². The maximum absolute atomic E-state index is 12.4. The lowest BCUT2D eigenvalue weighted by Crippen LogP contribution is -2.40. The van der Waals surface area contributed by atoms with Crippen molar-refractivity contribution in [3.05, 3.63) is 35.0 Å². The molecule has 6 nitrogen and oxygen atoms in total. The number of fused-ring (bicyclic) bond motifs is 3. The number of H-pyrrole nitrogens is 1. The van der Waals surface area contributed by atoms with E-state index >= 15 is 0 Å². The number of rotatable bonds is 2. The van der Waals surface area contributed by atoms with Crippen LogP contribution in [0.2, 0.25) is 0 Å². The monoisotopic (exact) mass is 339 g/mol. The van der Waals surface area contributed by atoms with Gasteiger partial charge in [-0.2, -0.15) is 5.10 Å². The Morgan fingerprint density at radius 1 is 1.25 bits per heavy atom. The Balaban J connectivity index is 1.53. The third-order valence-electron chi connectivity index (χ3n) is 5.13. The predicted molar refractivity (Wildman–Crippen MR) is 93.7 cm³/mol. The summed E-state index contributed by atoms with van der Waals surface area (Å²) in [5.74, 6) is 0.0770. The highest BCUT2D eigenvalue weighted by Crippen LogP contribution is 2.47. The zero-order chi connectivity index (χ0) is 16.1. The van der Waals surface area contributed by atoms with E-state index in [-0.39, 0.29) is 11.4 Å². The third kappa shape index (κ3) is 1.97.